The first kappa shape index (κ1) is 14.7. The highest BCUT2D eigenvalue weighted by Gasteiger charge is 2.26. The van der Waals surface area contributed by atoms with Gasteiger partial charge in [-0.05, 0) is 54.2 Å². The average molecular weight is 296 g/mol. The summed E-state index contributed by atoms with van der Waals surface area (Å²) in [6.45, 7) is 0. The van der Waals surface area contributed by atoms with Gasteiger partial charge in [-0.25, -0.2) is 0 Å². The summed E-state index contributed by atoms with van der Waals surface area (Å²) in [5, 5.41) is 28.7. The summed E-state index contributed by atoms with van der Waals surface area (Å²) < 4.78 is 0. The first-order valence-corrected chi connectivity index (χ1v) is 7.56. The molecule has 3 nitrogen and oxygen atoms in total. The summed E-state index contributed by atoms with van der Waals surface area (Å²) in [4.78, 5) is 0. The second-order valence-electron chi connectivity index (χ2n) is 5.82. The van der Waals surface area contributed by atoms with E-state index < -0.39 is 6.10 Å². The summed E-state index contributed by atoms with van der Waals surface area (Å²) >= 11 is 0. The number of rotatable bonds is 3. The lowest BCUT2D eigenvalue weighted by molar-refractivity contribution is 0.224. The van der Waals surface area contributed by atoms with Gasteiger partial charge in [0.2, 0.25) is 0 Å². The summed E-state index contributed by atoms with van der Waals surface area (Å²) in [6.07, 6.45) is 12.5. The van der Waals surface area contributed by atoms with Crippen LogP contribution in [0.25, 0.3) is 0 Å². The lowest BCUT2D eigenvalue weighted by Crippen LogP contribution is -2.17. The molecule has 22 heavy (non-hydrogen) atoms. The van der Waals surface area contributed by atoms with Crippen molar-refractivity contribution in [3.8, 4) is 5.75 Å². The van der Waals surface area contributed by atoms with Crippen molar-refractivity contribution in [1.29, 1.82) is 0 Å². The van der Waals surface area contributed by atoms with Crippen LogP contribution < -0.4 is 0 Å². The Balaban J connectivity index is 1.94. The van der Waals surface area contributed by atoms with Crippen LogP contribution in [-0.4, -0.2) is 21.4 Å². The van der Waals surface area contributed by atoms with Crippen molar-refractivity contribution < 1.29 is 15.3 Å². The minimum Gasteiger partial charge on any atom is -0.508 e. The summed E-state index contributed by atoms with van der Waals surface area (Å²) in [5.74, 6) is 0.948. The zero-order valence-corrected chi connectivity index (χ0v) is 12.3. The van der Waals surface area contributed by atoms with Crippen LogP contribution >= 0.6 is 0 Å². The van der Waals surface area contributed by atoms with Crippen LogP contribution in [0, 0.1) is 5.92 Å². The molecule has 0 aromatic heterocycles. The Morgan fingerprint density at radius 1 is 0.909 bits per heavy atom. The van der Waals surface area contributed by atoms with Gasteiger partial charge in [0.1, 0.15) is 11.5 Å². The smallest absolute Gasteiger partial charge is 0.115 e. The molecule has 0 fully saturated rings. The molecular weight excluding hydrogens is 276 g/mol. The average Bonchev–Trinajstić information content (AvgIpc) is 2.53. The topological polar surface area (TPSA) is 60.7 Å². The quantitative estimate of drug-likeness (QED) is 0.796. The van der Waals surface area contributed by atoms with Crippen molar-refractivity contribution in [2.24, 2.45) is 5.92 Å². The molecule has 3 N–H and O–H groups in total. The van der Waals surface area contributed by atoms with Crippen molar-refractivity contribution in [2.75, 3.05) is 0 Å². The standard InChI is InChI=1S/C19H20O3/c20-16-7-1-13(2-8-16)19(14-3-9-17(21)10-4-14)15-5-11-18(22)12-6-15/h1-5,7-9,11-12,15,17,19-22H,6,10H2. The van der Waals surface area contributed by atoms with Crippen molar-refractivity contribution in [3.05, 3.63) is 77.6 Å². The van der Waals surface area contributed by atoms with Crippen LogP contribution in [0.4, 0.5) is 0 Å². The maximum atomic E-state index is 9.64. The molecule has 0 aliphatic heterocycles. The number of hydrogen-bond donors (Lipinski definition) is 3. The van der Waals surface area contributed by atoms with Crippen molar-refractivity contribution in [3.63, 3.8) is 0 Å². The number of aliphatic hydroxyl groups excluding tert-OH is 2. The molecule has 0 radical (unpaired) electrons. The van der Waals surface area contributed by atoms with Gasteiger partial charge in [0.05, 0.1) is 6.10 Å². The van der Waals surface area contributed by atoms with Crippen molar-refractivity contribution in [2.45, 2.75) is 24.9 Å². The molecular formula is C19H20O3. The minimum absolute atomic E-state index is 0.143. The van der Waals surface area contributed by atoms with Crippen LogP contribution in [0.15, 0.2) is 72.1 Å². The Morgan fingerprint density at radius 3 is 2.27 bits per heavy atom. The fourth-order valence-corrected chi connectivity index (χ4v) is 3.10. The van der Waals surface area contributed by atoms with Gasteiger partial charge >= 0.3 is 0 Å². The Labute approximate surface area is 130 Å². The molecule has 0 saturated carbocycles. The monoisotopic (exact) mass is 296 g/mol. The SMILES string of the molecule is OC1=CCC(C(C2=CCC(O)C=C2)c2ccc(O)cc2)C=C1. The number of phenols is 1. The van der Waals surface area contributed by atoms with Crippen LogP contribution in [0.2, 0.25) is 0 Å². The first-order chi connectivity index (χ1) is 10.6. The molecule has 1 aromatic rings. The Hall–Kier alpha value is -2.26. The highest BCUT2D eigenvalue weighted by Crippen LogP contribution is 2.39. The first-order valence-electron chi connectivity index (χ1n) is 7.56. The maximum absolute atomic E-state index is 9.64. The van der Waals surface area contributed by atoms with E-state index in [0.717, 1.165) is 12.0 Å². The summed E-state index contributed by atoms with van der Waals surface area (Å²) in [5.41, 5.74) is 2.29. The molecule has 0 amide bonds. The molecule has 2 aliphatic rings. The van der Waals surface area contributed by atoms with Gasteiger partial charge in [0, 0.05) is 5.92 Å². The molecule has 0 saturated heterocycles. The van der Waals surface area contributed by atoms with Crippen molar-refractivity contribution >= 4 is 0 Å². The maximum Gasteiger partial charge on any atom is 0.115 e. The predicted octanol–water partition coefficient (Wildman–Crippen LogP) is 3.74. The number of aromatic hydroxyl groups is 1. The molecule has 3 heteroatoms. The lowest BCUT2D eigenvalue weighted by atomic mass is 9.76. The van der Waals surface area contributed by atoms with Gasteiger partial charge < -0.3 is 15.3 Å². The third kappa shape index (κ3) is 3.15. The zero-order chi connectivity index (χ0) is 15.5. The fourth-order valence-electron chi connectivity index (χ4n) is 3.10. The van der Waals surface area contributed by atoms with Crippen LogP contribution in [0.1, 0.15) is 24.3 Å². The Morgan fingerprint density at radius 2 is 1.68 bits per heavy atom. The van der Waals surface area contributed by atoms with Gasteiger partial charge in [-0.15, -0.1) is 0 Å². The van der Waals surface area contributed by atoms with E-state index in [2.05, 4.69) is 6.08 Å². The van der Waals surface area contributed by atoms with E-state index in [0.29, 0.717) is 12.2 Å². The van der Waals surface area contributed by atoms with Gasteiger partial charge in [-0.1, -0.05) is 36.4 Å². The van der Waals surface area contributed by atoms with Crippen LogP contribution in [-0.2, 0) is 0 Å². The molecule has 114 valence electrons. The lowest BCUT2D eigenvalue weighted by Gasteiger charge is -2.29. The summed E-state index contributed by atoms with van der Waals surface area (Å²) in [6, 6.07) is 7.27. The summed E-state index contributed by atoms with van der Waals surface area (Å²) in [7, 11) is 0. The highest BCUT2D eigenvalue weighted by molar-refractivity contribution is 5.41. The van der Waals surface area contributed by atoms with Gasteiger partial charge in [-0.2, -0.15) is 0 Å². The fraction of sp³-hybridized carbons (Fsp3) is 0.263. The molecule has 0 bridgehead atoms. The van der Waals surface area contributed by atoms with E-state index in [9.17, 15) is 15.3 Å². The van der Waals surface area contributed by atoms with E-state index in [4.69, 9.17) is 0 Å². The minimum atomic E-state index is -0.407. The van der Waals surface area contributed by atoms with Crippen LogP contribution in [0.5, 0.6) is 5.75 Å². The van der Waals surface area contributed by atoms with E-state index in [1.165, 1.54) is 5.57 Å². The number of hydrogen-bond acceptors (Lipinski definition) is 3. The predicted molar refractivity (Wildman–Crippen MR) is 86.7 cm³/mol. The normalized spacial score (nSPS) is 25.5. The van der Waals surface area contributed by atoms with E-state index in [-0.39, 0.29) is 17.6 Å². The molecule has 3 rings (SSSR count). The van der Waals surface area contributed by atoms with E-state index in [1.54, 1.807) is 18.2 Å². The van der Waals surface area contributed by atoms with Crippen molar-refractivity contribution in [1.82, 2.24) is 0 Å². The number of aliphatic hydroxyl groups is 2. The molecule has 0 spiro atoms. The molecule has 3 unspecified atom stereocenters. The molecule has 0 heterocycles. The largest absolute Gasteiger partial charge is 0.508 e. The van der Waals surface area contributed by atoms with E-state index >= 15 is 0 Å². The Bertz CT molecular complexity index is 650. The second kappa shape index (κ2) is 6.24. The number of benzene rings is 1. The zero-order valence-electron chi connectivity index (χ0n) is 12.3. The number of phenolic OH excluding ortho intramolecular Hbond substituents is 1. The molecule has 1 aromatic carbocycles. The molecule has 3 atom stereocenters. The van der Waals surface area contributed by atoms with E-state index in [1.807, 2.05) is 36.4 Å². The third-order valence-electron chi connectivity index (χ3n) is 4.26. The Kier molecular flexibility index (Phi) is 4.16. The van der Waals surface area contributed by atoms with Gasteiger partial charge in [0.25, 0.3) is 0 Å². The third-order valence-corrected chi connectivity index (χ3v) is 4.26. The molecule has 2 aliphatic carbocycles. The van der Waals surface area contributed by atoms with Gasteiger partial charge in [-0.3, -0.25) is 0 Å². The van der Waals surface area contributed by atoms with Gasteiger partial charge in [0.15, 0.2) is 0 Å². The van der Waals surface area contributed by atoms with Crippen LogP contribution in [0.3, 0.4) is 0 Å². The number of allylic oxidation sites excluding steroid dienone is 5. The highest BCUT2D eigenvalue weighted by atomic mass is 16.3. The second-order valence-corrected chi connectivity index (χ2v) is 5.82.